The first-order valence-corrected chi connectivity index (χ1v) is 9.86. The number of carbonyl (C=O) groups is 2. The summed E-state index contributed by atoms with van der Waals surface area (Å²) >= 11 is 0. The zero-order valence-corrected chi connectivity index (χ0v) is 17.3. The Bertz CT molecular complexity index is 574. The molecule has 0 aromatic heterocycles. The summed E-state index contributed by atoms with van der Waals surface area (Å²) in [5.74, 6) is 0.398. The summed E-state index contributed by atoms with van der Waals surface area (Å²) in [4.78, 5) is 25.3. The number of hydrogen-bond donors (Lipinski definition) is 3. The molecule has 0 saturated heterocycles. The van der Waals surface area contributed by atoms with Crippen LogP contribution < -0.4 is 16.4 Å². The van der Waals surface area contributed by atoms with Crippen LogP contribution in [0.25, 0.3) is 0 Å². The van der Waals surface area contributed by atoms with Crippen molar-refractivity contribution in [2.75, 3.05) is 6.54 Å². The molecule has 2 rings (SSSR count). The van der Waals surface area contributed by atoms with Gasteiger partial charge in [0.25, 0.3) is 0 Å². The smallest absolute Gasteiger partial charge is 0.247 e. The molecule has 0 bridgehead atoms. The maximum atomic E-state index is 13.0. The minimum absolute atomic E-state index is 0. The van der Waals surface area contributed by atoms with Crippen LogP contribution in [-0.4, -0.2) is 24.4 Å². The molecule has 1 aliphatic carbocycles. The largest absolute Gasteiger partial charge is 0.350 e. The molecular weight excluding hydrogens is 362 g/mol. The molecule has 2 atom stereocenters. The lowest BCUT2D eigenvalue weighted by atomic mass is 9.83. The molecule has 4 N–H and O–H groups in total. The number of carbonyl (C=O) groups excluding carboxylic acids is 2. The summed E-state index contributed by atoms with van der Waals surface area (Å²) in [7, 11) is 0. The van der Waals surface area contributed by atoms with E-state index in [-0.39, 0.29) is 36.2 Å². The van der Waals surface area contributed by atoms with E-state index in [1.807, 2.05) is 44.2 Å². The van der Waals surface area contributed by atoms with E-state index in [1.165, 1.54) is 19.3 Å². The van der Waals surface area contributed by atoms with Gasteiger partial charge in [-0.05, 0) is 30.2 Å². The van der Waals surface area contributed by atoms with Crippen LogP contribution >= 0.6 is 12.4 Å². The van der Waals surface area contributed by atoms with Gasteiger partial charge in [-0.1, -0.05) is 63.4 Å². The maximum absolute atomic E-state index is 13.0. The Hall–Kier alpha value is -1.59. The molecule has 6 heteroatoms. The number of benzene rings is 1. The standard InChI is InChI=1S/C21H33N3O2.ClH/c1-15(2)13-19(25)24-20(17-11-7-4-8-12-17)21(26)23-18(14-22)16-9-5-3-6-10-16;/h4,7-8,11-12,15-16,18,20H,3,5-6,9-10,13-14,22H2,1-2H3,(H,23,26)(H,24,25);1H. The van der Waals surface area contributed by atoms with E-state index in [4.69, 9.17) is 5.73 Å². The van der Waals surface area contributed by atoms with Crippen LogP contribution in [0.15, 0.2) is 30.3 Å². The second-order valence-corrected chi connectivity index (χ2v) is 7.76. The van der Waals surface area contributed by atoms with Crippen LogP contribution in [0, 0.1) is 11.8 Å². The van der Waals surface area contributed by atoms with Crippen molar-refractivity contribution in [2.24, 2.45) is 17.6 Å². The highest BCUT2D eigenvalue weighted by atomic mass is 35.5. The molecule has 0 radical (unpaired) electrons. The summed E-state index contributed by atoms with van der Waals surface area (Å²) in [6, 6.07) is 8.70. The predicted molar refractivity (Wildman–Crippen MR) is 112 cm³/mol. The van der Waals surface area contributed by atoms with Crippen LogP contribution in [0.5, 0.6) is 0 Å². The molecule has 152 valence electrons. The second kappa shape index (κ2) is 12.0. The van der Waals surface area contributed by atoms with Crippen molar-refractivity contribution in [1.29, 1.82) is 0 Å². The second-order valence-electron chi connectivity index (χ2n) is 7.76. The molecule has 0 heterocycles. The minimum atomic E-state index is -0.680. The number of hydrogen-bond acceptors (Lipinski definition) is 3. The molecule has 1 aliphatic rings. The first-order chi connectivity index (χ1) is 12.5. The van der Waals surface area contributed by atoms with Crippen molar-refractivity contribution < 1.29 is 9.59 Å². The summed E-state index contributed by atoms with van der Waals surface area (Å²) in [6.45, 7) is 4.41. The first-order valence-electron chi connectivity index (χ1n) is 9.86. The average molecular weight is 396 g/mol. The number of nitrogens with one attached hydrogen (secondary N) is 2. The quantitative estimate of drug-likeness (QED) is 0.631. The first kappa shape index (κ1) is 23.4. The Morgan fingerprint density at radius 3 is 2.26 bits per heavy atom. The fraction of sp³-hybridized carbons (Fsp3) is 0.619. The van der Waals surface area contributed by atoms with Gasteiger partial charge in [0.1, 0.15) is 6.04 Å². The summed E-state index contributed by atoms with van der Waals surface area (Å²) in [5.41, 5.74) is 6.75. The Labute approximate surface area is 169 Å². The molecule has 1 saturated carbocycles. The molecule has 1 fully saturated rings. The SMILES string of the molecule is CC(C)CC(=O)NC(C(=O)NC(CN)C1CCCCC1)c1ccccc1.Cl. The van der Waals surface area contributed by atoms with E-state index >= 15 is 0 Å². The molecule has 0 aliphatic heterocycles. The zero-order valence-electron chi connectivity index (χ0n) is 16.4. The van der Waals surface area contributed by atoms with E-state index in [1.54, 1.807) is 0 Å². The van der Waals surface area contributed by atoms with Gasteiger partial charge in [-0.15, -0.1) is 12.4 Å². The Balaban J connectivity index is 0.00000364. The van der Waals surface area contributed by atoms with Gasteiger partial charge < -0.3 is 16.4 Å². The highest BCUT2D eigenvalue weighted by molar-refractivity contribution is 5.88. The Morgan fingerprint density at radius 2 is 1.70 bits per heavy atom. The molecule has 27 heavy (non-hydrogen) atoms. The van der Waals surface area contributed by atoms with Crippen LogP contribution in [0.1, 0.15) is 64.0 Å². The normalized spacial score (nSPS) is 16.9. The van der Waals surface area contributed by atoms with Gasteiger partial charge in [-0.3, -0.25) is 9.59 Å². The molecule has 5 nitrogen and oxygen atoms in total. The molecule has 1 aromatic rings. The van der Waals surface area contributed by atoms with Crippen molar-refractivity contribution in [3.63, 3.8) is 0 Å². The zero-order chi connectivity index (χ0) is 18.9. The predicted octanol–water partition coefficient (Wildman–Crippen LogP) is 3.34. The summed E-state index contributed by atoms with van der Waals surface area (Å²) in [6.07, 6.45) is 6.28. The van der Waals surface area contributed by atoms with Crippen LogP contribution in [-0.2, 0) is 9.59 Å². The number of halogens is 1. The fourth-order valence-electron chi connectivity index (χ4n) is 3.71. The molecule has 2 unspecified atom stereocenters. The topological polar surface area (TPSA) is 84.2 Å². The van der Waals surface area contributed by atoms with E-state index < -0.39 is 6.04 Å². The summed E-state index contributed by atoms with van der Waals surface area (Å²) < 4.78 is 0. The van der Waals surface area contributed by atoms with Crippen LogP contribution in [0.2, 0.25) is 0 Å². The lowest BCUT2D eigenvalue weighted by molar-refractivity contribution is -0.130. The van der Waals surface area contributed by atoms with Gasteiger partial charge in [0, 0.05) is 19.0 Å². The van der Waals surface area contributed by atoms with Crippen molar-refractivity contribution in [3.05, 3.63) is 35.9 Å². The lowest BCUT2D eigenvalue weighted by Gasteiger charge is -2.31. The van der Waals surface area contributed by atoms with E-state index in [2.05, 4.69) is 10.6 Å². The van der Waals surface area contributed by atoms with Crippen LogP contribution in [0.3, 0.4) is 0 Å². The third kappa shape index (κ3) is 7.51. The Morgan fingerprint density at radius 1 is 1.07 bits per heavy atom. The number of rotatable bonds is 8. The van der Waals surface area contributed by atoms with Gasteiger partial charge in [-0.25, -0.2) is 0 Å². The van der Waals surface area contributed by atoms with E-state index in [0.29, 0.717) is 18.9 Å². The van der Waals surface area contributed by atoms with Crippen molar-refractivity contribution in [2.45, 2.75) is 64.5 Å². The van der Waals surface area contributed by atoms with Gasteiger partial charge >= 0.3 is 0 Å². The maximum Gasteiger partial charge on any atom is 0.247 e. The molecule has 2 amide bonds. The monoisotopic (exact) mass is 395 g/mol. The number of amides is 2. The van der Waals surface area contributed by atoms with Crippen molar-refractivity contribution >= 4 is 24.2 Å². The van der Waals surface area contributed by atoms with Crippen molar-refractivity contribution in [1.82, 2.24) is 10.6 Å². The van der Waals surface area contributed by atoms with Gasteiger partial charge in [0.05, 0.1) is 0 Å². The molecular formula is C21H34ClN3O2. The third-order valence-electron chi connectivity index (χ3n) is 5.09. The van der Waals surface area contributed by atoms with Gasteiger partial charge in [-0.2, -0.15) is 0 Å². The Kier molecular flexibility index (Phi) is 10.4. The van der Waals surface area contributed by atoms with Gasteiger partial charge in [0.2, 0.25) is 11.8 Å². The minimum Gasteiger partial charge on any atom is -0.350 e. The average Bonchev–Trinajstić information content (AvgIpc) is 2.64. The summed E-state index contributed by atoms with van der Waals surface area (Å²) in [5, 5.41) is 6.02. The molecule has 1 aromatic carbocycles. The highest BCUT2D eigenvalue weighted by Gasteiger charge is 2.28. The van der Waals surface area contributed by atoms with Crippen molar-refractivity contribution in [3.8, 4) is 0 Å². The highest BCUT2D eigenvalue weighted by Crippen LogP contribution is 2.26. The lowest BCUT2D eigenvalue weighted by Crippen LogP contribution is -2.50. The van der Waals surface area contributed by atoms with E-state index in [0.717, 1.165) is 18.4 Å². The van der Waals surface area contributed by atoms with E-state index in [9.17, 15) is 9.59 Å². The van der Waals surface area contributed by atoms with Crippen LogP contribution in [0.4, 0.5) is 0 Å². The molecule has 0 spiro atoms. The third-order valence-corrected chi connectivity index (χ3v) is 5.09. The van der Waals surface area contributed by atoms with Gasteiger partial charge in [0.15, 0.2) is 0 Å². The fourth-order valence-corrected chi connectivity index (χ4v) is 3.71. The number of nitrogens with two attached hydrogens (primary N) is 1.